The first-order valence-corrected chi connectivity index (χ1v) is 25.8. The number of aromatic carboxylic acids is 1. The van der Waals surface area contributed by atoms with E-state index in [0.29, 0.717) is 79.7 Å². The van der Waals surface area contributed by atoms with Crippen LogP contribution < -0.4 is 25.2 Å². The summed E-state index contributed by atoms with van der Waals surface area (Å²) >= 11 is 1.43. The van der Waals surface area contributed by atoms with E-state index in [1.165, 1.54) is 11.3 Å². The minimum Gasteiger partial charge on any atom is -0.490 e. The van der Waals surface area contributed by atoms with Crippen LogP contribution in [0.25, 0.3) is 32.2 Å². The quantitative estimate of drug-likeness (QED) is 0.0976. The maximum absolute atomic E-state index is 13.7. The first-order chi connectivity index (χ1) is 34.9. The largest absolute Gasteiger partial charge is 0.490 e. The van der Waals surface area contributed by atoms with Crippen LogP contribution in [0.2, 0.25) is 0 Å². The molecule has 1 aliphatic carbocycles. The van der Waals surface area contributed by atoms with Gasteiger partial charge in [-0.25, -0.2) is 14.8 Å². The molecule has 4 aliphatic rings. The number of carboxylic acids is 1. The number of anilines is 3. The lowest BCUT2D eigenvalue weighted by molar-refractivity contribution is -0.133. The number of carbonyl (C=O) groups excluding carboxylic acids is 3. The van der Waals surface area contributed by atoms with E-state index < -0.39 is 18.1 Å². The molecule has 0 spiro atoms. The number of piperidine rings is 1. The molecule has 4 aromatic carbocycles. The van der Waals surface area contributed by atoms with Crippen LogP contribution in [0.4, 0.5) is 16.6 Å². The Bertz CT molecular complexity index is 3210. The van der Waals surface area contributed by atoms with Crippen LogP contribution in [0.15, 0.2) is 91.0 Å². The van der Waals surface area contributed by atoms with Crippen molar-refractivity contribution in [1.82, 2.24) is 30.0 Å². The van der Waals surface area contributed by atoms with E-state index in [1.807, 2.05) is 107 Å². The van der Waals surface area contributed by atoms with E-state index in [0.717, 1.165) is 93.5 Å². The fraction of sp³-hybridized carbons (Fsp3) is 0.364. The molecule has 0 bridgehead atoms. The van der Waals surface area contributed by atoms with Crippen molar-refractivity contribution >= 4 is 72.8 Å². The fourth-order valence-electron chi connectivity index (χ4n) is 11.1. The minimum absolute atomic E-state index is 0.0241. The summed E-state index contributed by atoms with van der Waals surface area (Å²) in [7, 11) is 1.89. The molecule has 3 aromatic heterocycles. The molecule has 17 heteroatoms. The van der Waals surface area contributed by atoms with Gasteiger partial charge in [0.25, 0.3) is 5.91 Å². The van der Waals surface area contributed by atoms with Gasteiger partial charge in [-0.05, 0) is 135 Å². The summed E-state index contributed by atoms with van der Waals surface area (Å²) in [4.78, 5) is 68.5. The number of ether oxygens (including phenoxy) is 1. The Balaban J connectivity index is 0.689. The normalized spacial score (nSPS) is 20.3. The first-order valence-electron chi connectivity index (χ1n) is 25.0. The average Bonchev–Trinajstić information content (AvgIpc) is 3.96. The molecule has 4 N–H and O–H groups in total. The molecule has 2 unspecified atom stereocenters. The van der Waals surface area contributed by atoms with Gasteiger partial charge in [0.2, 0.25) is 11.8 Å². The van der Waals surface area contributed by atoms with Gasteiger partial charge >= 0.3 is 5.97 Å². The lowest BCUT2D eigenvalue weighted by Gasteiger charge is -2.37. The van der Waals surface area contributed by atoms with E-state index >= 15 is 0 Å². The van der Waals surface area contributed by atoms with Crippen molar-refractivity contribution in [2.24, 2.45) is 13.0 Å². The van der Waals surface area contributed by atoms with Crippen molar-refractivity contribution in [1.29, 1.82) is 0 Å². The van der Waals surface area contributed by atoms with E-state index in [2.05, 4.69) is 32.7 Å². The van der Waals surface area contributed by atoms with Crippen molar-refractivity contribution in [3.63, 3.8) is 0 Å². The number of thiazole rings is 1. The highest BCUT2D eigenvalue weighted by atomic mass is 32.1. The Morgan fingerprint density at radius 3 is 2.44 bits per heavy atom. The maximum Gasteiger partial charge on any atom is 0.355 e. The number of carboxylic acid groups (broad SMARTS) is 1. The fourth-order valence-corrected chi connectivity index (χ4v) is 12.0. The number of nitrogens with one attached hydrogen (secondary N) is 2. The summed E-state index contributed by atoms with van der Waals surface area (Å²) in [6.07, 6.45) is 4.81. The number of aliphatic hydroxyl groups is 1. The molecule has 7 aromatic rings. The smallest absolute Gasteiger partial charge is 0.355 e. The summed E-state index contributed by atoms with van der Waals surface area (Å²) in [5.41, 5.74) is 8.10. The van der Waals surface area contributed by atoms with Crippen molar-refractivity contribution in [2.45, 2.75) is 83.1 Å². The summed E-state index contributed by atoms with van der Waals surface area (Å²) in [5, 5.41) is 32.2. The second-order valence-electron chi connectivity index (χ2n) is 19.6. The van der Waals surface area contributed by atoms with E-state index in [1.54, 1.807) is 0 Å². The van der Waals surface area contributed by atoms with Gasteiger partial charge in [-0.15, -0.1) is 0 Å². The molecule has 16 nitrogen and oxygen atoms in total. The second kappa shape index (κ2) is 19.7. The SMILES string of the molecule is Cc1c(OC2CCC(CC(=O)N3CCN(c4ccc5c(C6CCC(O)NC6=O)nn(C)c5c4)CC3)CC2)cccc1-c1ccc(N2CCc3cccc(C(=O)Nc4nc5ccccc5s4)c3C2)nc1C(=O)O. The number of para-hydroxylation sites is 1. The summed E-state index contributed by atoms with van der Waals surface area (Å²) in [6, 6.07) is 29.2. The molecule has 6 heterocycles. The monoisotopic (exact) mass is 987 g/mol. The molecule has 3 amide bonds. The molecule has 2 saturated heterocycles. The number of piperazine rings is 1. The lowest BCUT2D eigenvalue weighted by atomic mass is 9.85. The van der Waals surface area contributed by atoms with E-state index in [-0.39, 0.29) is 35.4 Å². The van der Waals surface area contributed by atoms with Crippen LogP contribution >= 0.6 is 11.3 Å². The van der Waals surface area contributed by atoms with Gasteiger partial charge in [0.05, 0.1) is 33.4 Å². The van der Waals surface area contributed by atoms with Crippen LogP contribution in [-0.4, -0.2) is 104 Å². The number of fused-ring (bicyclic) bond motifs is 3. The predicted octanol–water partition coefficient (Wildman–Crippen LogP) is 8.06. The Kier molecular flexibility index (Phi) is 12.8. The summed E-state index contributed by atoms with van der Waals surface area (Å²) in [5.74, 6) is -0.261. The molecule has 11 rings (SSSR count). The standard InChI is InChI=1S/C55H57N9O7S/c1-32-37(38-19-21-47(57-51(38)54(69)70)64-24-23-34-7-5-9-39(42(34)31-64)52(67)59-55-56-43-10-3-4-12-46(43)72-55)8-6-11-45(32)71-36-16-13-33(14-17-36)29-49(66)63-27-25-62(26-28-63)35-15-18-40-44(30-35)61(2)60-50(40)41-20-22-48(65)58-53(41)68/h3-12,15,18-19,21,30,33,36,41,48,65H,13-14,16-17,20,22-29,31H2,1-2H3,(H,58,68)(H,69,70)(H,56,59,67). The Morgan fingerprint density at radius 2 is 1.65 bits per heavy atom. The number of benzene rings is 4. The molecule has 72 heavy (non-hydrogen) atoms. The zero-order chi connectivity index (χ0) is 49.6. The molecule has 3 aliphatic heterocycles. The topological polar surface area (TPSA) is 195 Å². The third-order valence-corrected chi connectivity index (χ3v) is 16.1. The zero-order valence-corrected chi connectivity index (χ0v) is 41.2. The number of amides is 3. The number of carbonyl (C=O) groups is 4. The van der Waals surface area contributed by atoms with Gasteiger partial charge < -0.3 is 35.0 Å². The van der Waals surface area contributed by atoms with Crippen LogP contribution in [0.1, 0.15) is 94.1 Å². The Hall–Kier alpha value is -7.37. The first kappa shape index (κ1) is 47.0. The average molecular weight is 988 g/mol. The number of aliphatic hydroxyl groups excluding tert-OH is 1. The van der Waals surface area contributed by atoms with Crippen LogP contribution in [0, 0.1) is 12.8 Å². The molecule has 2 atom stereocenters. The molecular formula is C55H57N9O7S. The zero-order valence-electron chi connectivity index (χ0n) is 40.3. The number of pyridine rings is 1. The number of aromatic nitrogens is 4. The number of rotatable bonds is 11. The number of hydrogen-bond acceptors (Lipinski definition) is 12. The van der Waals surface area contributed by atoms with E-state index in [9.17, 15) is 29.4 Å². The molecule has 3 fully saturated rings. The van der Waals surface area contributed by atoms with Crippen LogP contribution in [0.3, 0.4) is 0 Å². The van der Waals surface area contributed by atoms with Crippen molar-refractivity contribution in [3.05, 3.63) is 125 Å². The van der Waals surface area contributed by atoms with Crippen molar-refractivity contribution in [2.75, 3.05) is 47.8 Å². The van der Waals surface area contributed by atoms with Crippen molar-refractivity contribution < 1.29 is 34.1 Å². The summed E-state index contributed by atoms with van der Waals surface area (Å²) < 4.78 is 9.45. The van der Waals surface area contributed by atoms with Gasteiger partial charge in [-0.2, -0.15) is 5.10 Å². The predicted molar refractivity (Wildman–Crippen MR) is 277 cm³/mol. The third-order valence-electron chi connectivity index (χ3n) is 15.1. The van der Waals surface area contributed by atoms with E-state index in [4.69, 9.17) is 14.8 Å². The van der Waals surface area contributed by atoms with Crippen LogP contribution in [0.5, 0.6) is 5.75 Å². The Labute approximate surface area is 420 Å². The molecular weight excluding hydrogens is 931 g/mol. The van der Waals surface area contributed by atoms with Crippen molar-refractivity contribution in [3.8, 4) is 16.9 Å². The highest BCUT2D eigenvalue weighted by Gasteiger charge is 2.33. The minimum atomic E-state index is -1.13. The van der Waals surface area contributed by atoms with Gasteiger partial charge in [0.15, 0.2) is 10.8 Å². The number of nitrogens with zero attached hydrogens (tertiary/aromatic N) is 7. The maximum atomic E-state index is 13.7. The molecule has 370 valence electrons. The number of hydrogen-bond donors (Lipinski definition) is 4. The molecule has 1 saturated carbocycles. The van der Waals surface area contributed by atoms with Gasteiger partial charge in [-0.1, -0.05) is 47.7 Å². The lowest BCUT2D eigenvalue weighted by Crippen LogP contribution is -2.49. The molecule has 0 radical (unpaired) electrons. The highest BCUT2D eigenvalue weighted by molar-refractivity contribution is 7.22. The third kappa shape index (κ3) is 9.34. The highest BCUT2D eigenvalue weighted by Crippen LogP contribution is 2.38. The Morgan fingerprint density at radius 1 is 0.847 bits per heavy atom. The second-order valence-corrected chi connectivity index (χ2v) is 20.6. The van der Waals surface area contributed by atoms with Gasteiger partial charge in [0.1, 0.15) is 17.8 Å². The summed E-state index contributed by atoms with van der Waals surface area (Å²) in [6.45, 7) is 5.71. The van der Waals surface area contributed by atoms with Gasteiger partial charge in [-0.3, -0.25) is 24.4 Å². The van der Waals surface area contributed by atoms with Crippen LogP contribution in [-0.2, 0) is 29.6 Å². The van der Waals surface area contributed by atoms with Gasteiger partial charge in [0, 0.05) is 74.9 Å². The number of aryl methyl sites for hydroxylation is 1.